The second-order valence-electron chi connectivity index (χ2n) is 4.49. The van der Waals surface area contributed by atoms with E-state index in [0.29, 0.717) is 6.42 Å². The molecule has 1 N–H and O–H groups in total. The first-order chi connectivity index (χ1) is 8.08. The van der Waals surface area contributed by atoms with Crippen LogP contribution < -0.4 is 0 Å². The number of hydrogen-bond donors (Lipinski definition) is 1. The van der Waals surface area contributed by atoms with Gasteiger partial charge in [0, 0.05) is 25.2 Å². The second kappa shape index (κ2) is 4.72. The Labute approximate surface area is 102 Å². The van der Waals surface area contributed by atoms with Crippen LogP contribution in [-0.2, 0) is 13.5 Å². The smallest absolute Gasteiger partial charge is 0.0863 e. The van der Waals surface area contributed by atoms with E-state index < -0.39 is 6.10 Å². The van der Waals surface area contributed by atoms with Gasteiger partial charge in [0.2, 0.25) is 0 Å². The first kappa shape index (κ1) is 11.9. The summed E-state index contributed by atoms with van der Waals surface area (Å²) in [7, 11) is 1.87. The third-order valence-corrected chi connectivity index (χ3v) is 3.08. The minimum Gasteiger partial charge on any atom is -0.388 e. The average Bonchev–Trinajstić information content (AvgIpc) is 2.61. The molecule has 0 aliphatic heterocycles. The summed E-state index contributed by atoms with van der Waals surface area (Å²) in [6.07, 6.45) is 2.04. The fraction of sp³-hybridized carbons (Fsp3) is 0.357. The highest BCUT2D eigenvalue weighted by Crippen LogP contribution is 2.22. The zero-order valence-electron chi connectivity index (χ0n) is 10.5. The molecule has 3 nitrogen and oxygen atoms in total. The third kappa shape index (κ3) is 2.56. The van der Waals surface area contributed by atoms with Crippen LogP contribution in [0.25, 0.3) is 0 Å². The van der Waals surface area contributed by atoms with E-state index >= 15 is 0 Å². The van der Waals surface area contributed by atoms with Gasteiger partial charge in [0.15, 0.2) is 0 Å². The molecule has 0 radical (unpaired) electrons. The SMILES string of the molecule is Cc1ccccc1CC(O)c1cn(C)nc1C. The molecule has 17 heavy (non-hydrogen) atoms. The standard InChI is InChI=1S/C14H18N2O/c1-10-6-4-5-7-12(10)8-14(17)13-9-16(3)15-11(13)2/h4-7,9,14,17H,8H2,1-3H3. The largest absolute Gasteiger partial charge is 0.388 e. The molecule has 0 aliphatic carbocycles. The number of aliphatic hydroxyl groups is 1. The minimum absolute atomic E-state index is 0.482. The molecule has 1 unspecified atom stereocenters. The van der Waals surface area contributed by atoms with Crippen LogP contribution in [0.1, 0.15) is 28.5 Å². The van der Waals surface area contributed by atoms with Gasteiger partial charge in [0.25, 0.3) is 0 Å². The Morgan fingerprint density at radius 3 is 2.59 bits per heavy atom. The number of rotatable bonds is 3. The fourth-order valence-electron chi connectivity index (χ4n) is 2.10. The number of aliphatic hydroxyl groups excluding tert-OH is 1. The van der Waals surface area contributed by atoms with Crippen LogP contribution in [0, 0.1) is 13.8 Å². The normalized spacial score (nSPS) is 12.7. The van der Waals surface area contributed by atoms with Crippen molar-refractivity contribution in [1.29, 1.82) is 0 Å². The summed E-state index contributed by atoms with van der Waals surface area (Å²) in [5.74, 6) is 0. The average molecular weight is 230 g/mol. The molecule has 3 heteroatoms. The second-order valence-corrected chi connectivity index (χ2v) is 4.49. The molecule has 0 saturated heterocycles. The first-order valence-electron chi connectivity index (χ1n) is 5.80. The summed E-state index contributed by atoms with van der Waals surface area (Å²) in [4.78, 5) is 0. The van der Waals surface area contributed by atoms with E-state index in [-0.39, 0.29) is 0 Å². The first-order valence-corrected chi connectivity index (χ1v) is 5.80. The van der Waals surface area contributed by atoms with E-state index in [9.17, 15) is 5.11 Å². The molecular formula is C14H18N2O. The number of nitrogens with zero attached hydrogens (tertiary/aromatic N) is 2. The lowest BCUT2D eigenvalue weighted by atomic mass is 9.99. The summed E-state index contributed by atoms with van der Waals surface area (Å²) in [5.41, 5.74) is 4.21. The van der Waals surface area contributed by atoms with Crippen LogP contribution in [0.2, 0.25) is 0 Å². The predicted molar refractivity (Wildman–Crippen MR) is 67.8 cm³/mol. The van der Waals surface area contributed by atoms with Crippen molar-refractivity contribution >= 4 is 0 Å². The maximum Gasteiger partial charge on any atom is 0.0863 e. The van der Waals surface area contributed by atoms with Crippen LogP contribution >= 0.6 is 0 Å². The Kier molecular flexibility index (Phi) is 3.29. The number of benzene rings is 1. The summed E-state index contributed by atoms with van der Waals surface area (Å²) in [5, 5.41) is 14.5. The molecule has 90 valence electrons. The van der Waals surface area contributed by atoms with E-state index in [0.717, 1.165) is 11.3 Å². The van der Waals surface area contributed by atoms with E-state index in [1.807, 2.05) is 32.3 Å². The molecular weight excluding hydrogens is 212 g/mol. The van der Waals surface area contributed by atoms with E-state index in [2.05, 4.69) is 24.2 Å². The van der Waals surface area contributed by atoms with Gasteiger partial charge in [-0.15, -0.1) is 0 Å². The van der Waals surface area contributed by atoms with Crippen molar-refractivity contribution < 1.29 is 5.11 Å². The number of aromatic nitrogens is 2. The zero-order valence-corrected chi connectivity index (χ0v) is 10.5. The molecule has 2 aromatic rings. The van der Waals surface area contributed by atoms with E-state index in [1.54, 1.807) is 4.68 Å². The summed E-state index contributed by atoms with van der Waals surface area (Å²) >= 11 is 0. The highest BCUT2D eigenvalue weighted by Gasteiger charge is 2.14. The maximum atomic E-state index is 10.2. The van der Waals surface area contributed by atoms with Gasteiger partial charge >= 0.3 is 0 Å². The number of aryl methyl sites for hydroxylation is 3. The van der Waals surface area contributed by atoms with Crippen LogP contribution in [-0.4, -0.2) is 14.9 Å². The third-order valence-electron chi connectivity index (χ3n) is 3.08. The Morgan fingerprint density at radius 2 is 2.00 bits per heavy atom. The molecule has 0 saturated carbocycles. The van der Waals surface area contributed by atoms with Gasteiger partial charge in [-0.3, -0.25) is 4.68 Å². The molecule has 2 rings (SSSR count). The Morgan fingerprint density at radius 1 is 1.29 bits per heavy atom. The van der Waals surface area contributed by atoms with Gasteiger partial charge in [-0.1, -0.05) is 24.3 Å². The molecule has 1 aromatic carbocycles. The van der Waals surface area contributed by atoms with Gasteiger partial charge in [-0.05, 0) is 25.0 Å². The van der Waals surface area contributed by atoms with Gasteiger partial charge in [0.05, 0.1) is 11.8 Å². The monoisotopic (exact) mass is 230 g/mol. The Hall–Kier alpha value is -1.61. The summed E-state index contributed by atoms with van der Waals surface area (Å²) in [6.45, 7) is 3.99. The molecule has 1 atom stereocenters. The lowest BCUT2D eigenvalue weighted by Crippen LogP contribution is -2.03. The van der Waals surface area contributed by atoms with Crippen molar-refractivity contribution in [3.05, 3.63) is 52.8 Å². The molecule has 0 amide bonds. The van der Waals surface area contributed by atoms with Gasteiger partial charge in [-0.25, -0.2) is 0 Å². The van der Waals surface area contributed by atoms with Crippen molar-refractivity contribution in [3.63, 3.8) is 0 Å². The van der Waals surface area contributed by atoms with Crippen LogP contribution in [0.5, 0.6) is 0 Å². The highest BCUT2D eigenvalue weighted by molar-refractivity contribution is 5.28. The van der Waals surface area contributed by atoms with Crippen molar-refractivity contribution in [1.82, 2.24) is 9.78 Å². The van der Waals surface area contributed by atoms with E-state index in [4.69, 9.17) is 0 Å². The summed E-state index contributed by atoms with van der Waals surface area (Å²) < 4.78 is 1.74. The van der Waals surface area contributed by atoms with E-state index in [1.165, 1.54) is 11.1 Å². The minimum atomic E-state index is -0.482. The lowest BCUT2D eigenvalue weighted by molar-refractivity contribution is 0.177. The molecule has 0 fully saturated rings. The Bertz CT molecular complexity index is 517. The van der Waals surface area contributed by atoms with Crippen molar-refractivity contribution in [3.8, 4) is 0 Å². The van der Waals surface area contributed by atoms with Gasteiger partial charge in [-0.2, -0.15) is 5.10 Å². The van der Waals surface area contributed by atoms with Crippen LogP contribution in [0.4, 0.5) is 0 Å². The van der Waals surface area contributed by atoms with Crippen LogP contribution in [0.3, 0.4) is 0 Å². The molecule has 0 bridgehead atoms. The molecule has 0 aliphatic rings. The highest BCUT2D eigenvalue weighted by atomic mass is 16.3. The van der Waals surface area contributed by atoms with Crippen molar-refractivity contribution in [2.24, 2.45) is 7.05 Å². The molecule has 1 aromatic heterocycles. The maximum absolute atomic E-state index is 10.2. The molecule has 1 heterocycles. The van der Waals surface area contributed by atoms with Gasteiger partial charge < -0.3 is 5.11 Å². The molecule has 0 spiro atoms. The quantitative estimate of drug-likeness (QED) is 0.878. The summed E-state index contributed by atoms with van der Waals surface area (Å²) in [6, 6.07) is 8.15. The lowest BCUT2D eigenvalue weighted by Gasteiger charge is -2.11. The topological polar surface area (TPSA) is 38.0 Å². The zero-order chi connectivity index (χ0) is 12.4. The van der Waals surface area contributed by atoms with Crippen LogP contribution in [0.15, 0.2) is 30.5 Å². The van der Waals surface area contributed by atoms with Gasteiger partial charge in [0.1, 0.15) is 0 Å². The van der Waals surface area contributed by atoms with Crippen molar-refractivity contribution in [2.75, 3.05) is 0 Å². The number of hydrogen-bond acceptors (Lipinski definition) is 2. The predicted octanol–water partition coefficient (Wildman–Crippen LogP) is 2.31. The fourth-order valence-corrected chi connectivity index (χ4v) is 2.10. The Balaban J connectivity index is 2.20. The van der Waals surface area contributed by atoms with Crippen molar-refractivity contribution in [2.45, 2.75) is 26.4 Å².